The molecule has 2 bridgehead atoms. The molecule has 2 fully saturated rings. The Bertz CT molecular complexity index is 836. The average Bonchev–Trinajstić information content (AvgIpc) is 2.79. The molecule has 8 nitrogen and oxygen atoms in total. The fraction of sp³-hybridized carbons (Fsp3) is 0.741. The Hall–Kier alpha value is -2.03. The molecule has 0 aromatic heterocycles. The molecule has 35 heavy (non-hydrogen) atoms. The quantitative estimate of drug-likeness (QED) is 0.307. The van der Waals surface area contributed by atoms with Gasteiger partial charge in [-0.3, -0.25) is 19.7 Å². The van der Waals surface area contributed by atoms with E-state index in [-0.39, 0.29) is 35.5 Å². The van der Waals surface area contributed by atoms with Crippen LogP contribution >= 0.6 is 0 Å². The molecule has 4 aliphatic rings. The molecule has 2 unspecified atom stereocenters. The Morgan fingerprint density at radius 3 is 2.54 bits per heavy atom. The van der Waals surface area contributed by atoms with E-state index < -0.39 is 29.8 Å². The highest BCUT2D eigenvalue weighted by molar-refractivity contribution is 5.97. The zero-order valence-electron chi connectivity index (χ0n) is 21.4. The first-order chi connectivity index (χ1) is 16.6. The Labute approximate surface area is 208 Å². The third-order valence-corrected chi connectivity index (χ3v) is 8.10. The van der Waals surface area contributed by atoms with Gasteiger partial charge >= 0.3 is 5.97 Å². The topological polar surface area (TPSA) is 122 Å². The maximum atomic E-state index is 13.2. The number of carbonyl (C=O) groups is 3. The van der Waals surface area contributed by atoms with E-state index in [0.29, 0.717) is 51.4 Å². The molecule has 0 radical (unpaired) electrons. The number of rotatable bonds is 5. The second kappa shape index (κ2) is 11.8. The summed E-state index contributed by atoms with van der Waals surface area (Å²) in [6.07, 6.45) is 8.05. The number of nitrogens with one attached hydrogen (secondary N) is 1. The lowest BCUT2D eigenvalue weighted by Gasteiger charge is -2.48. The van der Waals surface area contributed by atoms with Gasteiger partial charge in [0.1, 0.15) is 12.2 Å². The van der Waals surface area contributed by atoms with Crippen molar-refractivity contribution in [3.8, 4) is 0 Å². The lowest BCUT2D eigenvalue weighted by molar-refractivity contribution is -0.199. The predicted octanol–water partition coefficient (Wildman–Crippen LogP) is 2.82. The number of aliphatic hydroxyl groups excluding tert-OH is 1. The summed E-state index contributed by atoms with van der Waals surface area (Å²) in [5.41, 5.74) is -0.472. The number of aliphatic hydroxyl groups is 2. The third-order valence-electron chi connectivity index (χ3n) is 8.10. The number of allylic oxidation sites excluding steroid dienone is 1. The number of piperidine rings is 1. The lowest BCUT2D eigenvalue weighted by Crippen LogP contribution is -2.58. The summed E-state index contributed by atoms with van der Waals surface area (Å²) >= 11 is 0. The molecule has 0 spiro atoms. The van der Waals surface area contributed by atoms with Crippen LogP contribution in [0, 0.1) is 23.7 Å². The van der Waals surface area contributed by atoms with E-state index in [1.807, 2.05) is 39.0 Å². The van der Waals surface area contributed by atoms with Crippen LogP contribution in [0.15, 0.2) is 23.8 Å². The molecule has 7 atom stereocenters. The van der Waals surface area contributed by atoms with Crippen molar-refractivity contribution >= 4 is 17.8 Å². The molecule has 3 heterocycles. The second-order valence-electron chi connectivity index (χ2n) is 10.6. The van der Waals surface area contributed by atoms with Gasteiger partial charge in [-0.15, -0.1) is 0 Å². The van der Waals surface area contributed by atoms with Crippen molar-refractivity contribution in [2.75, 3.05) is 7.11 Å². The van der Waals surface area contributed by atoms with E-state index in [1.54, 1.807) is 7.11 Å². The van der Waals surface area contributed by atoms with Crippen LogP contribution in [0.3, 0.4) is 0 Å². The Kier molecular flexibility index (Phi) is 9.29. The van der Waals surface area contributed by atoms with Gasteiger partial charge < -0.3 is 19.7 Å². The Morgan fingerprint density at radius 2 is 1.89 bits per heavy atom. The van der Waals surface area contributed by atoms with E-state index in [2.05, 4.69) is 5.32 Å². The van der Waals surface area contributed by atoms with E-state index >= 15 is 0 Å². The first-order valence-electron chi connectivity index (χ1n) is 12.9. The predicted molar refractivity (Wildman–Crippen MR) is 130 cm³/mol. The number of esters is 1. The molecule has 1 aliphatic carbocycles. The van der Waals surface area contributed by atoms with Gasteiger partial charge in [0.25, 0.3) is 0 Å². The summed E-state index contributed by atoms with van der Waals surface area (Å²) in [5, 5.41) is 25.1. The monoisotopic (exact) mass is 491 g/mol. The Morgan fingerprint density at radius 1 is 1.20 bits per heavy atom. The highest BCUT2D eigenvalue weighted by Crippen LogP contribution is 2.44. The number of imide groups is 1. The van der Waals surface area contributed by atoms with E-state index in [4.69, 9.17) is 9.47 Å². The highest BCUT2D eigenvalue weighted by atomic mass is 16.6. The largest absolute Gasteiger partial charge is 0.457 e. The highest BCUT2D eigenvalue weighted by Gasteiger charge is 2.53. The Balaban J connectivity index is 1.83. The number of hydrogen-bond donors (Lipinski definition) is 3. The number of carbonyl (C=O) groups excluding carboxylic acids is 3. The molecular weight excluding hydrogens is 450 g/mol. The van der Waals surface area contributed by atoms with E-state index in [1.165, 1.54) is 0 Å². The van der Waals surface area contributed by atoms with Gasteiger partial charge in [-0.05, 0) is 50.5 Å². The summed E-state index contributed by atoms with van der Waals surface area (Å²) in [7, 11) is 1.58. The van der Waals surface area contributed by atoms with Gasteiger partial charge in [0.2, 0.25) is 11.8 Å². The summed E-state index contributed by atoms with van der Waals surface area (Å²) in [6.45, 7) is 5.68. The number of fused-ring (bicyclic) bond motifs is 9. The van der Waals surface area contributed by atoms with Crippen LogP contribution in [0.2, 0.25) is 0 Å². The molecule has 8 heteroatoms. The van der Waals surface area contributed by atoms with Gasteiger partial charge in [-0.25, -0.2) is 0 Å². The first kappa shape index (κ1) is 27.6. The molecule has 2 saturated heterocycles. The van der Waals surface area contributed by atoms with Gasteiger partial charge in [0, 0.05) is 31.8 Å². The van der Waals surface area contributed by atoms with Crippen LogP contribution in [0.5, 0.6) is 0 Å². The van der Waals surface area contributed by atoms with Crippen LogP contribution < -0.4 is 5.32 Å². The van der Waals surface area contributed by atoms with Gasteiger partial charge in [0.05, 0.1) is 17.6 Å². The van der Waals surface area contributed by atoms with Crippen molar-refractivity contribution < 1.29 is 34.1 Å². The van der Waals surface area contributed by atoms with Crippen molar-refractivity contribution in [1.82, 2.24) is 5.32 Å². The molecule has 0 aromatic rings. The fourth-order valence-electron chi connectivity index (χ4n) is 5.99. The standard InChI is InChI=1S/C27H41NO7/c1-16-13-17(2)25-18(3)27(33,12-8-9-19-14-22(29)28-23(30)15-19)20(26(32)35-25)10-6-5-7-11-21(34-4)24(16)31/h7,11,13,16,18-21,24-25,31,33H,5-6,8-10,12,14-15H2,1-4H3,(H,28,29,30)/b11-7+,17-13-/t16-,18+,20?,21+,24+,25+,27?/m1/s1. The third kappa shape index (κ3) is 6.40. The maximum absolute atomic E-state index is 13.2. The summed E-state index contributed by atoms with van der Waals surface area (Å²) < 4.78 is 11.4. The molecule has 4 rings (SSSR count). The number of amides is 2. The summed E-state index contributed by atoms with van der Waals surface area (Å²) in [6, 6.07) is 0. The SMILES string of the molecule is CO[C@H]1/C=C/CCCC2C(=O)O[C@@H](/C(C)=C\[C@@H](C)[C@@H]1O)[C@H](C)C2(O)CCCC1CC(=O)NC(=O)C1. The normalized spacial score (nSPS) is 39.8. The molecule has 196 valence electrons. The van der Waals surface area contributed by atoms with Crippen LogP contribution in [-0.2, 0) is 23.9 Å². The van der Waals surface area contributed by atoms with Crippen LogP contribution in [0.1, 0.15) is 72.1 Å². The minimum atomic E-state index is -1.26. The van der Waals surface area contributed by atoms with Gasteiger partial charge in [-0.1, -0.05) is 38.5 Å². The average molecular weight is 492 g/mol. The van der Waals surface area contributed by atoms with Crippen molar-refractivity contribution in [2.45, 2.75) is 96.1 Å². The van der Waals surface area contributed by atoms with Crippen molar-refractivity contribution in [3.05, 3.63) is 23.8 Å². The zero-order valence-corrected chi connectivity index (χ0v) is 21.4. The number of ether oxygens (including phenoxy) is 2. The zero-order chi connectivity index (χ0) is 25.8. The van der Waals surface area contributed by atoms with Gasteiger partial charge in [0.15, 0.2) is 0 Å². The van der Waals surface area contributed by atoms with Crippen molar-refractivity contribution in [1.29, 1.82) is 0 Å². The molecule has 0 aromatic carbocycles. The van der Waals surface area contributed by atoms with Crippen LogP contribution in [0.4, 0.5) is 0 Å². The minimum absolute atomic E-state index is 0.0411. The van der Waals surface area contributed by atoms with E-state index in [9.17, 15) is 24.6 Å². The smallest absolute Gasteiger partial charge is 0.312 e. The van der Waals surface area contributed by atoms with Gasteiger partial charge in [-0.2, -0.15) is 0 Å². The molecular formula is C27H41NO7. The number of hydrogen-bond acceptors (Lipinski definition) is 7. The molecule has 3 aliphatic heterocycles. The first-order valence-corrected chi connectivity index (χ1v) is 12.9. The van der Waals surface area contributed by atoms with Crippen LogP contribution in [0.25, 0.3) is 0 Å². The van der Waals surface area contributed by atoms with E-state index in [0.717, 1.165) is 5.57 Å². The second-order valence-corrected chi connectivity index (χ2v) is 10.6. The van der Waals surface area contributed by atoms with Crippen molar-refractivity contribution in [2.24, 2.45) is 23.7 Å². The molecule has 0 saturated carbocycles. The van der Waals surface area contributed by atoms with Crippen molar-refractivity contribution in [3.63, 3.8) is 0 Å². The fourth-order valence-corrected chi connectivity index (χ4v) is 5.99. The summed E-state index contributed by atoms with van der Waals surface area (Å²) in [5.74, 6) is -2.17. The van der Waals surface area contributed by atoms with Crippen LogP contribution in [-0.4, -0.2) is 59.0 Å². The lowest BCUT2D eigenvalue weighted by atomic mass is 9.67. The minimum Gasteiger partial charge on any atom is -0.457 e. The molecule has 3 N–H and O–H groups in total. The number of methoxy groups -OCH3 is 1. The molecule has 2 amide bonds. The summed E-state index contributed by atoms with van der Waals surface area (Å²) in [4.78, 5) is 36.6. The maximum Gasteiger partial charge on any atom is 0.312 e.